The van der Waals surface area contributed by atoms with Crippen LogP contribution in [0.15, 0.2) is 29.8 Å². The number of alkyl halides is 2. The minimum atomic E-state index is -1.88. The summed E-state index contributed by atoms with van der Waals surface area (Å²) in [5.74, 6) is -4.41. The highest BCUT2D eigenvalue weighted by molar-refractivity contribution is 6.53. The van der Waals surface area contributed by atoms with Crippen LogP contribution in [-0.2, 0) is 19.2 Å². The molecule has 0 bridgehead atoms. The summed E-state index contributed by atoms with van der Waals surface area (Å²) >= 11 is 20.8. The highest BCUT2D eigenvalue weighted by Gasteiger charge is 2.76. The SMILES string of the molecule is CN1C(=O)C2(Cl)CC3C(=CCC4C(=O)N(C5CCCCC5)C(=O)C43)C(c3ccc(O)cc3Cl)C2(Cl)C1=O. The lowest BCUT2D eigenvalue weighted by Crippen LogP contribution is -2.60. The summed E-state index contributed by atoms with van der Waals surface area (Å²) in [6.45, 7) is 0. The van der Waals surface area contributed by atoms with Crippen LogP contribution in [0.2, 0.25) is 5.02 Å². The van der Waals surface area contributed by atoms with Gasteiger partial charge in [-0.05, 0) is 49.3 Å². The molecule has 0 radical (unpaired) electrons. The molecule has 6 atom stereocenters. The lowest BCUT2D eigenvalue weighted by Gasteiger charge is -2.51. The Labute approximate surface area is 229 Å². The number of nitrogens with zero attached hydrogens (tertiary/aromatic N) is 2. The summed E-state index contributed by atoms with van der Waals surface area (Å²) in [5.41, 5.74) is 1.13. The van der Waals surface area contributed by atoms with Crippen LogP contribution < -0.4 is 0 Å². The number of carbonyl (C=O) groups is 4. The third kappa shape index (κ3) is 3.20. The molecule has 10 heteroatoms. The number of benzene rings is 1. The van der Waals surface area contributed by atoms with E-state index in [0.29, 0.717) is 17.6 Å². The first kappa shape index (κ1) is 25.2. The molecule has 196 valence electrons. The number of phenolic OH excluding ortho intramolecular Hbond substituents is 1. The molecule has 2 aliphatic heterocycles. The van der Waals surface area contributed by atoms with Crippen molar-refractivity contribution in [3.05, 3.63) is 40.4 Å². The summed E-state index contributed by atoms with van der Waals surface area (Å²) in [4.78, 5) is 53.2. The van der Waals surface area contributed by atoms with Crippen molar-refractivity contribution in [1.82, 2.24) is 9.80 Å². The van der Waals surface area contributed by atoms with Crippen LogP contribution in [0.1, 0.15) is 56.4 Å². The topological polar surface area (TPSA) is 95.0 Å². The molecule has 1 aromatic carbocycles. The standard InChI is InChI=1S/C27H27Cl3N2O5/c1-31-24(36)26(29)12-18-15(21(27(26,30)25(31)37)16-8-7-14(33)11-19(16)28)9-10-17-20(18)23(35)32(22(17)34)13-5-3-2-4-6-13/h7-9,11,13,17-18,20-21,33H,2-6,10,12H2,1H3. The van der Waals surface area contributed by atoms with Gasteiger partial charge >= 0.3 is 0 Å². The number of hydrogen-bond donors (Lipinski definition) is 1. The zero-order valence-corrected chi connectivity index (χ0v) is 22.5. The first-order chi connectivity index (χ1) is 17.5. The molecule has 37 heavy (non-hydrogen) atoms. The predicted octanol–water partition coefficient (Wildman–Crippen LogP) is 4.37. The van der Waals surface area contributed by atoms with Crippen molar-refractivity contribution in [1.29, 1.82) is 0 Å². The van der Waals surface area contributed by atoms with Crippen molar-refractivity contribution < 1.29 is 24.3 Å². The molecule has 2 heterocycles. The Hall–Kier alpha value is -2.09. The van der Waals surface area contributed by atoms with Crippen LogP contribution in [-0.4, -0.2) is 61.4 Å². The molecule has 0 spiro atoms. The molecule has 5 aliphatic rings. The number of hydrogen-bond acceptors (Lipinski definition) is 5. The van der Waals surface area contributed by atoms with Crippen molar-refractivity contribution in [2.24, 2.45) is 17.8 Å². The molecule has 2 saturated carbocycles. The summed E-state index contributed by atoms with van der Waals surface area (Å²) in [6, 6.07) is 4.26. The monoisotopic (exact) mass is 564 g/mol. The van der Waals surface area contributed by atoms with Crippen LogP contribution in [0.5, 0.6) is 5.75 Å². The Kier molecular flexibility index (Phi) is 5.76. The van der Waals surface area contributed by atoms with Crippen molar-refractivity contribution in [2.45, 2.75) is 66.7 Å². The zero-order valence-electron chi connectivity index (χ0n) is 20.3. The second kappa shape index (κ2) is 8.45. The Morgan fingerprint density at radius 3 is 2.35 bits per heavy atom. The number of likely N-dealkylation sites (tertiary alicyclic amines) is 2. The number of amides is 4. The van der Waals surface area contributed by atoms with E-state index in [4.69, 9.17) is 34.8 Å². The molecule has 6 unspecified atom stereocenters. The van der Waals surface area contributed by atoms with Gasteiger partial charge < -0.3 is 5.11 Å². The van der Waals surface area contributed by atoms with E-state index >= 15 is 0 Å². The van der Waals surface area contributed by atoms with Crippen LogP contribution >= 0.6 is 34.8 Å². The number of aromatic hydroxyl groups is 1. The van der Waals surface area contributed by atoms with E-state index in [9.17, 15) is 24.3 Å². The largest absolute Gasteiger partial charge is 0.508 e. The Morgan fingerprint density at radius 1 is 0.973 bits per heavy atom. The average Bonchev–Trinajstić information content (AvgIpc) is 3.20. The van der Waals surface area contributed by atoms with Gasteiger partial charge in [0.1, 0.15) is 5.75 Å². The van der Waals surface area contributed by atoms with E-state index in [1.165, 1.54) is 24.1 Å². The molecule has 1 N–H and O–H groups in total. The van der Waals surface area contributed by atoms with Gasteiger partial charge in [-0.15, -0.1) is 23.2 Å². The van der Waals surface area contributed by atoms with Crippen molar-refractivity contribution >= 4 is 58.4 Å². The quantitative estimate of drug-likeness (QED) is 0.327. The molecule has 3 aliphatic carbocycles. The number of imide groups is 2. The van der Waals surface area contributed by atoms with Gasteiger partial charge in [-0.25, -0.2) is 0 Å². The maximum atomic E-state index is 13.9. The second-order valence-electron chi connectivity index (χ2n) is 11.0. The average molecular weight is 566 g/mol. The predicted molar refractivity (Wildman–Crippen MR) is 137 cm³/mol. The van der Waals surface area contributed by atoms with E-state index < -0.39 is 45.2 Å². The Balaban J connectivity index is 1.50. The molecule has 4 amide bonds. The first-order valence-corrected chi connectivity index (χ1v) is 13.9. The van der Waals surface area contributed by atoms with Gasteiger partial charge in [0.2, 0.25) is 11.8 Å². The molecular weight excluding hydrogens is 539 g/mol. The highest BCUT2D eigenvalue weighted by Crippen LogP contribution is 2.66. The summed E-state index contributed by atoms with van der Waals surface area (Å²) in [5, 5.41) is 10.1. The fourth-order valence-corrected chi connectivity index (χ4v) is 8.86. The molecule has 0 aromatic heterocycles. The smallest absolute Gasteiger partial charge is 0.253 e. The number of phenols is 1. The molecule has 7 nitrogen and oxygen atoms in total. The second-order valence-corrected chi connectivity index (χ2v) is 12.7. The van der Waals surface area contributed by atoms with Crippen molar-refractivity contribution in [3.8, 4) is 5.75 Å². The van der Waals surface area contributed by atoms with E-state index in [2.05, 4.69) is 0 Å². The molecule has 6 rings (SSSR count). The van der Waals surface area contributed by atoms with Gasteiger partial charge in [-0.1, -0.05) is 48.6 Å². The zero-order chi connectivity index (χ0) is 26.4. The summed E-state index contributed by atoms with van der Waals surface area (Å²) < 4.78 is 0. The van der Waals surface area contributed by atoms with Crippen LogP contribution in [0.3, 0.4) is 0 Å². The Morgan fingerprint density at radius 2 is 1.68 bits per heavy atom. The fraction of sp³-hybridized carbons (Fsp3) is 0.556. The third-order valence-electron chi connectivity index (χ3n) is 9.28. The highest BCUT2D eigenvalue weighted by atomic mass is 35.5. The molecule has 4 fully saturated rings. The van der Waals surface area contributed by atoms with Gasteiger partial charge in [0.05, 0.1) is 11.8 Å². The third-order valence-corrected chi connectivity index (χ3v) is 11.0. The fourth-order valence-electron chi connectivity index (χ4n) is 7.56. The number of fused-ring (bicyclic) bond motifs is 4. The van der Waals surface area contributed by atoms with E-state index in [1.807, 2.05) is 6.08 Å². The maximum Gasteiger partial charge on any atom is 0.253 e. The van der Waals surface area contributed by atoms with Gasteiger partial charge in [-0.3, -0.25) is 29.0 Å². The minimum Gasteiger partial charge on any atom is -0.508 e. The van der Waals surface area contributed by atoms with Gasteiger partial charge in [0, 0.05) is 24.0 Å². The number of allylic oxidation sites excluding steroid dienone is 2. The van der Waals surface area contributed by atoms with Gasteiger partial charge in [-0.2, -0.15) is 0 Å². The molecule has 2 saturated heterocycles. The lowest BCUT2D eigenvalue weighted by molar-refractivity contribution is -0.144. The maximum absolute atomic E-state index is 13.9. The lowest BCUT2D eigenvalue weighted by atomic mass is 9.56. The van der Waals surface area contributed by atoms with Crippen LogP contribution in [0.25, 0.3) is 0 Å². The Bertz CT molecular complexity index is 1280. The van der Waals surface area contributed by atoms with Gasteiger partial charge in [0.25, 0.3) is 11.8 Å². The summed E-state index contributed by atoms with van der Waals surface area (Å²) in [6.07, 6.45) is 6.85. The molecule has 1 aromatic rings. The number of rotatable bonds is 2. The normalized spacial score (nSPS) is 38.0. The van der Waals surface area contributed by atoms with Gasteiger partial charge in [0.15, 0.2) is 9.75 Å². The van der Waals surface area contributed by atoms with Crippen molar-refractivity contribution in [2.75, 3.05) is 7.05 Å². The van der Waals surface area contributed by atoms with E-state index in [0.717, 1.165) is 37.0 Å². The van der Waals surface area contributed by atoms with E-state index in [1.54, 1.807) is 6.07 Å². The number of halogens is 3. The van der Waals surface area contributed by atoms with Crippen LogP contribution in [0.4, 0.5) is 0 Å². The minimum absolute atomic E-state index is 0.0380. The van der Waals surface area contributed by atoms with Crippen molar-refractivity contribution in [3.63, 3.8) is 0 Å². The van der Waals surface area contributed by atoms with Crippen LogP contribution in [0, 0.1) is 17.8 Å². The summed E-state index contributed by atoms with van der Waals surface area (Å²) in [7, 11) is 1.35. The van der Waals surface area contributed by atoms with E-state index in [-0.39, 0.29) is 35.0 Å². The first-order valence-electron chi connectivity index (χ1n) is 12.8. The molecular formula is C27H27Cl3N2O5. The number of carbonyl (C=O) groups excluding carboxylic acids is 4.